The number of hydrogen-bond acceptors (Lipinski definition) is 5. The standard InChI is InChI=1S/C21H24N2O5S/c24-21(22-9-13-27-14-10-22)19-3-1-17(2-4-19)18-5-7-20(8-6-18)29(25,26)23-11-15-28-16-12-23/h1-8H,9-16H2. The molecule has 2 aromatic carbocycles. The van der Waals surface area contributed by atoms with Crippen LogP contribution in [-0.4, -0.2) is 76.1 Å². The Balaban J connectivity index is 1.48. The highest BCUT2D eigenvalue weighted by atomic mass is 32.2. The minimum Gasteiger partial charge on any atom is -0.379 e. The van der Waals surface area contributed by atoms with Crippen LogP contribution < -0.4 is 0 Å². The van der Waals surface area contributed by atoms with Crippen molar-refractivity contribution in [3.63, 3.8) is 0 Å². The quantitative estimate of drug-likeness (QED) is 0.760. The van der Waals surface area contributed by atoms with E-state index in [1.54, 1.807) is 29.2 Å². The summed E-state index contributed by atoms with van der Waals surface area (Å²) in [5.74, 6) is 0.00630. The van der Waals surface area contributed by atoms with Crippen LogP contribution in [0.1, 0.15) is 10.4 Å². The minimum atomic E-state index is -3.50. The molecule has 0 saturated carbocycles. The van der Waals surface area contributed by atoms with Gasteiger partial charge in [0.25, 0.3) is 5.91 Å². The second-order valence-electron chi connectivity index (χ2n) is 7.02. The van der Waals surface area contributed by atoms with Gasteiger partial charge in [-0.3, -0.25) is 4.79 Å². The molecule has 2 aliphatic heterocycles. The minimum absolute atomic E-state index is 0.00630. The number of carbonyl (C=O) groups excluding carboxylic acids is 1. The summed E-state index contributed by atoms with van der Waals surface area (Å²) in [4.78, 5) is 14.6. The Kier molecular flexibility index (Phi) is 5.96. The molecule has 0 N–H and O–H groups in total. The topological polar surface area (TPSA) is 76.2 Å². The summed E-state index contributed by atoms with van der Waals surface area (Å²) in [7, 11) is -3.50. The highest BCUT2D eigenvalue weighted by Gasteiger charge is 2.26. The lowest BCUT2D eigenvalue weighted by Crippen LogP contribution is -2.40. The third-order valence-electron chi connectivity index (χ3n) is 5.23. The first kappa shape index (κ1) is 20.0. The van der Waals surface area contributed by atoms with Crippen LogP contribution in [0.5, 0.6) is 0 Å². The van der Waals surface area contributed by atoms with E-state index in [4.69, 9.17) is 9.47 Å². The van der Waals surface area contributed by atoms with E-state index in [1.807, 2.05) is 24.3 Å². The molecule has 8 heteroatoms. The Morgan fingerprint density at radius 2 is 1.21 bits per heavy atom. The van der Waals surface area contributed by atoms with Crippen molar-refractivity contribution in [2.24, 2.45) is 0 Å². The zero-order valence-corrected chi connectivity index (χ0v) is 16.9. The first-order chi connectivity index (χ1) is 14.1. The van der Waals surface area contributed by atoms with Gasteiger partial charge in [0.15, 0.2) is 0 Å². The van der Waals surface area contributed by atoms with Crippen molar-refractivity contribution in [3.05, 3.63) is 54.1 Å². The average Bonchev–Trinajstić information content (AvgIpc) is 2.80. The Morgan fingerprint density at radius 3 is 1.76 bits per heavy atom. The largest absolute Gasteiger partial charge is 0.379 e. The Labute approximate surface area is 170 Å². The first-order valence-electron chi connectivity index (χ1n) is 9.71. The van der Waals surface area contributed by atoms with E-state index in [0.29, 0.717) is 58.2 Å². The summed E-state index contributed by atoms with van der Waals surface area (Å²) in [5.41, 5.74) is 2.47. The molecule has 0 radical (unpaired) electrons. The zero-order chi connectivity index (χ0) is 20.3. The number of nitrogens with zero attached hydrogens (tertiary/aromatic N) is 2. The summed E-state index contributed by atoms with van der Waals surface area (Å²) in [6.45, 7) is 3.97. The molecular formula is C21H24N2O5S. The summed E-state index contributed by atoms with van der Waals surface area (Å²) in [5, 5.41) is 0. The summed E-state index contributed by atoms with van der Waals surface area (Å²) in [6.07, 6.45) is 0. The Morgan fingerprint density at radius 1 is 0.724 bits per heavy atom. The summed E-state index contributed by atoms with van der Waals surface area (Å²) >= 11 is 0. The number of benzene rings is 2. The van der Waals surface area contributed by atoms with Gasteiger partial charge < -0.3 is 14.4 Å². The van der Waals surface area contributed by atoms with Gasteiger partial charge in [0.2, 0.25) is 10.0 Å². The van der Waals surface area contributed by atoms with E-state index in [0.717, 1.165) is 11.1 Å². The molecule has 0 aliphatic carbocycles. The summed E-state index contributed by atoms with van der Waals surface area (Å²) in [6, 6.07) is 14.3. The highest BCUT2D eigenvalue weighted by molar-refractivity contribution is 7.89. The number of carbonyl (C=O) groups is 1. The van der Waals surface area contributed by atoms with E-state index >= 15 is 0 Å². The molecular weight excluding hydrogens is 392 g/mol. The predicted molar refractivity (Wildman–Crippen MR) is 108 cm³/mol. The van der Waals surface area contributed by atoms with Crippen molar-refractivity contribution >= 4 is 15.9 Å². The van der Waals surface area contributed by atoms with Gasteiger partial charge in [0, 0.05) is 31.7 Å². The molecule has 2 aromatic rings. The highest BCUT2D eigenvalue weighted by Crippen LogP contribution is 2.24. The van der Waals surface area contributed by atoms with Crippen molar-refractivity contribution in [2.45, 2.75) is 4.90 Å². The van der Waals surface area contributed by atoms with Crippen LogP contribution in [0.3, 0.4) is 0 Å². The molecule has 2 fully saturated rings. The van der Waals surface area contributed by atoms with Crippen LogP contribution in [0, 0.1) is 0 Å². The van der Waals surface area contributed by atoms with E-state index in [2.05, 4.69) is 0 Å². The molecule has 29 heavy (non-hydrogen) atoms. The number of amides is 1. The van der Waals surface area contributed by atoms with E-state index < -0.39 is 10.0 Å². The number of morpholine rings is 2. The zero-order valence-electron chi connectivity index (χ0n) is 16.1. The van der Waals surface area contributed by atoms with Gasteiger partial charge in [-0.05, 0) is 35.4 Å². The van der Waals surface area contributed by atoms with Crippen molar-refractivity contribution in [1.29, 1.82) is 0 Å². The van der Waals surface area contributed by atoms with Gasteiger partial charge in [-0.2, -0.15) is 4.31 Å². The fraction of sp³-hybridized carbons (Fsp3) is 0.381. The predicted octanol–water partition coefficient (Wildman–Crippen LogP) is 1.85. The monoisotopic (exact) mass is 416 g/mol. The second-order valence-corrected chi connectivity index (χ2v) is 8.96. The first-order valence-corrected chi connectivity index (χ1v) is 11.2. The van der Waals surface area contributed by atoms with Crippen LogP contribution in [0.25, 0.3) is 11.1 Å². The SMILES string of the molecule is O=C(c1ccc(-c2ccc(S(=O)(=O)N3CCOCC3)cc2)cc1)N1CCOCC1. The van der Waals surface area contributed by atoms with Gasteiger partial charge >= 0.3 is 0 Å². The van der Waals surface area contributed by atoms with Crippen molar-refractivity contribution in [3.8, 4) is 11.1 Å². The normalized spacial score (nSPS) is 18.6. The maximum absolute atomic E-state index is 12.7. The number of ether oxygens (including phenoxy) is 2. The van der Waals surface area contributed by atoms with Crippen LogP contribution in [0.15, 0.2) is 53.4 Å². The second kappa shape index (κ2) is 8.62. The lowest BCUT2D eigenvalue weighted by molar-refractivity contribution is 0.0303. The lowest BCUT2D eigenvalue weighted by Gasteiger charge is -2.27. The molecule has 0 bridgehead atoms. The molecule has 0 spiro atoms. The number of hydrogen-bond donors (Lipinski definition) is 0. The van der Waals surface area contributed by atoms with Gasteiger partial charge in [-0.25, -0.2) is 8.42 Å². The molecule has 2 saturated heterocycles. The maximum Gasteiger partial charge on any atom is 0.254 e. The number of sulfonamides is 1. The van der Waals surface area contributed by atoms with Crippen LogP contribution in [0.4, 0.5) is 0 Å². The van der Waals surface area contributed by atoms with Crippen molar-refractivity contribution in [2.75, 3.05) is 52.6 Å². The van der Waals surface area contributed by atoms with Crippen molar-refractivity contribution in [1.82, 2.24) is 9.21 Å². The maximum atomic E-state index is 12.7. The van der Waals surface area contributed by atoms with Crippen molar-refractivity contribution < 1.29 is 22.7 Å². The third kappa shape index (κ3) is 4.35. The Hall–Kier alpha value is -2.26. The third-order valence-corrected chi connectivity index (χ3v) is 7.14. The van der Waals surface area contributed by atoms with E-state index in [-0.39, 0.29) is 10.8 Å². The van der Waals surface area contributed by atoms with Crippen LogP contribution in [0.2, 0.25) is 0 Å². The van der Waals surface area contributed by atoms with Gasteiger partial charge in [-0.1, -0.05) is 24.3 Å². The summed E-state index contributed by atoms with van der Waals surface area (Å²) < 4.78 is 37.4. The van der Waals surface area contributed by atoms with E-state index in [1.165, 1.54) is 4.31 Å². The van der Waals surface area contributed by atoms with Gasteiger partial charge in [0.1, 0.15) is 0 Å². The molecule has 2 heterocycles. The number of rotatable bonds is 4. The Bertz CT molecular complexity index is 946. The van der Waals surface area contributed by atoms with Crippen LogP contribution >= 0.6 is 0 Å². The molecule has 0 unspecified atom stereocenters. The molecule has 1 amide bonds. The fourth-order valence-corrected chi connectivity index (χ4v) is 4.92. The van der Waals surface area contributed by atoms with Crippen LogP contribution in [-0.2, 0) is 19.5 Å². The fourth-order valence-electron chi connectivity index (χ4n) is 3.51. The van der Waals surface area contributed by atoms with Gasteiger partial charge in [0.05, 0.1) is 31.3 Å². The lowest BCUT2D eigenvalue weighted by atomic mass is 10.0. The molecule has 2 aliphatic rings. The van der Waals surface area contributed by atoms with Gasteiger partial charge in [-0.15, -0.1) is 0 Å². The molecule has 4 rings (SSSR count). The average molecular weight is 416 g/mol. The van der Waals surface area contributed by atoms with E-state index in [9.17, 15) is 13.2 Å². The molecule has 154 valence electrons. The smallest absolute Gasteiger partial charge is 0.254 e. The molecule has 0 aromatic heterocycles. The molecule has 7 nitrogen and oxygen atoms in total. The molecule has 0 atom stereocenters.